The summed E-state index contributed by atoms with van der Waals surface area (Å²) in [4.78, 5) is 7.03. The smallest absolute Gasteiger partial charge is 0.240 e. The number of aryl methyl sites for hydroxylation is 1. The zero-order chi connectivity index (χ0) is 19.3. The quantitative estimate of drug-likeness (QED) is 0.788. The van der Waals surface area contributed by atoms with Gasteiger partial charge in [0.15, 0.2) is 0 Å². The maximum atomic E-state index is 12.6. The lowest BCUT2D eigenvalue weighted by atomic mass is 9.97. The Balaban J connectivity index is 1.50. The van der Waals surface area contributed by atoms with Crippen LogP contribution in [0.15, 0.2) is 47.5 Å². The minimum Gasteiger partial charge on any atom is -0.496 e. The molecule has 7 heteroatoms. The predicted molar refractivity (Wildman–Crippen MR) is 105 cm³/mol. The molecule has 0 unspecified atom stereocenters. The van der Waals surface area contributed by atoms with Crippen LogP contribution >= 0.6 is 0 Å². The van der Waals surface area contributed by atoms with E-state index in [1.54, 1.807) is 25.3 Å². The Labute approximate surface area is 161 Å². The summed E-state index contributed by atoms with van der Waals surface area (Å²) in [6.45, 7) is 5.10. The Kier molecular flexibility index (Phi) is 6.46. The van der Waals surface area contributed by atoms with Crippen molar-refractivity contribution in [3.63, 3.8) is 0 Å². The lowest BCUT2D eigenvalue weighted by Gasteiger charge is -2.31. The van der Waals surface area contributed by atoms with Crippen LogP contribution in [-0.2, 0) is 16.6 Å². The molecule has 27 heavy (non-hydrogen) atoms. The second-order valence-corrected chi connectivity index (χ2v) is 8.79. The van der Waals surface area contributed by atoms with Crippen molar-refractivity contribution >= 4 is 10.0 Å². The van der Waals surface area contributed by atoms with Gasteiger partial charge in [0.2, 0.25) is 10.0 Å². The highest BCUT2D eigenvalue weighted by molar-refractivity contribution is 7.89. The average Bonchev–Trinajstić information content (AvgIpc) is 2.68. The molecule has 0 atom stereocenters. The van der Waals surface area contributed by atoms with E-state index in [-0.39, 0.29) is 4.90 Å². The number of hydrogen-bond acceptors (Lipinski definition) is 5. The topological polar surface area (TPSA) is 71.5 Å². The number of nitrogens with one attached hydrogen (secondary N) is 1. The minimum atomic E-state index is -3.50. The zero-order valence-electron chi connectivity index (χ0n) is 15.9. The number of methoxy groups -OCH3 is 1. The van der Waals surface area contributed by atoms with Crippen LogP contribution in [0, 0.1) is 12.8 Å². The Morgan fingerprint density at radius 3 is 2.63 bits per heavy atom. The predicted octanol–water partition coefficient (Wildman–Crippen LogP) is 2.59. The fraction of sp³-hybridized carbons (Fsp3) is 0.450. The number of hydrogen-bond donors (Lipinski definition) is 1. The second-order valence-electron chi connectivity index (χ2n) is 7.02. The molecule has 1 saturated heterocycles. The molecule has 146 valence electrons. The van der Waals surface area contributed by atoms with E-state index in [1.165, 1.54) is 0 Å². The fourth-order valence-corrected chi connectivity index (χ4v) is 4.60. The number of aromatic nitrogens is 1. The van der Waals surface area contributed by atoms with Crippen LogP contribution in [0.3, 0.4) is 0 Å². The summed E-state index contributed by atoms with van der Waals surface area (Å²) in [6, 6.07) is 10.9. The monoisotopic (exact) mass is 389 g/mol. The van der Waals surface area contributed by atoms with E-state index in [9.17, 15) is 8.42 Å². The van der Waals surface area contributed by atoms with Gasteiger partial charge < -0.3 is 4.74 Å². The van der Waals surface area contributed by atoms with Crippen LogP contribution < -0.4 is 9.46 Å². The number of ether oxygens (including phenoxy) is 1. The first kappa shape index (κ1) is 19.8. The number of piperidine rings is 1. The molecule has 3 rings (SSSR count). The lowest BCUT2D eigenvalue weighted by Crippen LogP contribution is -2.38. The first-order chi connectivity index (χ1) is 13.0. The van der Waals surface area contributed by atoms with Crippen molar-refractivity contribution < 1.29 is 13.2 Å². The van der Waals surface area contributed by atoms with Gasteiger partial charge >= 0.3 is 0 Å². The van der Waals surface area contributed by atoms with Crippen molar-refractivity contribution in [1.82, 2.24) is 14.6 Å². The van der Waals surface area contributed by atoms with Gasteiger partial charge in [-0.25, -0.2) is 13.1 Å². The van der Waals surface area contributed by atoms with E-state index < -0.39 is 10.0 Å². The van der Waals surface area contributed by atoms with Crippen molar-refractivity contribution in [2.45, 2.75) is 31.2 Å². The fourth-order valence-electron chi connectivity index (χ4n) is 3.40. The van der Waals surface area contributed by atoms with E-state index in [1.807, 2.05) is 31.3 Å². The molecule has 2 aromatic rings. The van der Waals surface area contributed by atoms with Crippen molar-refractivity contribution in [3.05, 3.63) is 53.9 Å². The Morgan fingerprint density at radius 2 is 2.00 bits per heavy atom. The normalized spacial score (nSPS) is 16.4. The van der Waals surface area contributed by atoms with Crippen LogP contribution in [0.2, 0.25) is 0 Å². The number of benzene rings is 1. The molecule has 0 aliphatic carbocycles. The highest BCUT2D eigenvalue weighted by atomic mass is 32.2. The Hall–Kier alpha value is -1.96. The molecule has 0 radical (unpaired) electrons. The molecule has 0 saturated carbocycles. The molecule has 0 spiro atoms. The van der Waals surface area contributed by atoms with Gasteiger partial charge in [-0.3, -0.25) is 9.88 Å². The standard InChI is InChI=1S/C20H27N3O3S/c1-16-13-19(6-7-20(16)26-2)27(24,25)22-14-17-8-11-23(12-9-17)15-18-5-3-4-10-21-18/h3-7,10,13,17,22H,8-9,11-12,14-15H2,1-2H3. The highest BCUT2D eigenvalue weighted by Crippen LogP contribution is 2.22. The third-order valence-corrected chi connectivity index (χ3v) is 6.48. The molecule has 0 bridgehead atoms. The summed E-state index contributed by atoms with van der Waals surface area (Å²) < 4.78 is 33.1. The van der Waals surface area contributed by atoms with E-state index in [0.717, 1.165) is 43.7 Å². The van der Waals surface area contributed by atoms with E-state index >= 15 is 0 Å². The first-order valence-electron chi connectivity index (χ1n) is 9.24. The van der Waals surface area contributed by atoms with Gasteiger partial charge in [-0.05, 0) is 74.7 Å². The average molecular weight is 390 g/mol. The van der Waals surface area contributed by atoms with Crippen LogP contribution in [0.1, 0.15) is 24.1 Å². The summed E-state index contributed by atoms with van der Waals surface area (Å²) >= 11 is 0. The Morgan fingerprint density at radius 1 is 1.22 bits per heavy atom. The summed E-state index contributed by atoms with van der Waals surface area (Å²) in [5, 5.41) is 0. The number of pyridine rings is 1. The van der Waals surface area contributed by atoms with Crippen LogP contribution in [0.5, 0.6) is 5.75 Å². The van der Waals surface area contributed by atoms with Gasteiger partial charge in [0.05, 0.1) is 17.7 Å². The maximum absolute atomic E-state index is 12.6. The third kappa shape index (κ3) is 5.28. The molecule has 0 amide bonds. The van der Waals surface area contributed by atoms with Crippen molar-refractivity contribution in [3.8, 4) is 5.75 Å². The number of nitrogens with zero attached hydrogens (tertiary/aromatic N) is 2. The van der Waals surface area contributed by atoms with Crippen LogP contribution in [0.25, 0.3) is 0 Å². The van der Waals surface area contributed by atoms with E-state index in [4.69, 9.17) is 4.74 Å². The van der Waals surface area contributed by atoms with Crippen molar-refractivity contribution in [1.29, 1.82) is 0 Å². The van der Waals surface area contributed by atoms with Crippen molar-refractivity contribution in [2.24, 2.45) is 5.92 Å². The second kappa shape index (κ2) is 8.82. The van der Waals surface area contributed by atoms with Crippen molar-refractivity contribution in [2.75, 3.05) is 26.7 Å². The van der Waals surface area contributed by atoms with Gasteiger partial charge in [0.1, 0.15) is 5.75 Å². The molecule has 2 heterocycles. The molecule has 1 aromatic heterocycles. The zero-order valence-corrected chi connectivity index (χ0v) is 16.7. The van der Waals surface area contributed by atoms with Gasteiger partial charge in [0.25, 0.3) is 0 Å². The summed E-state index contributed by atoms with van der Waals surface area (Å²) in [5.74, 6) is 1.05. The molecule has 1 aliphatic rings. The largest absolute Gasteiger partial charge is 0.496 e. The lowest BCUT2D eigenvalue weighted by molar-refractivity contribution is 0.177. The van der Waals surface area contributed by atoms with Crippen LogP contribution in [-0.4, -0.2) is 45.0 Å². The van der Waals surface area contributed by atoms with Gasteiger partial charge in [-0.1, -0.05) is 6.07 Å². The van der Waals surface area contributed by atoms with Gasteiger partial charge in [-0.2, -0.15) is 0 Å². The number of rotatable bonds is 7. The summed E-state index contributed by atoms with van der Waals surface area (Å²) in [6.07, 6.45) is 3.78. The number of likely N-dealkylation sites (tertiary alicyclic amines) is 1. The molecule has 1 aliphatic heterocycles. The molecular formula is C20H27N3O3S. The van der Waals surface area contributed by atoms with Crippen LogP contribution in [0.4, 0.5) is 0 Å². The molecule has 6 nitrogen and oxygen atoms in total. The SMILES string of the molecule is COc1ccc(S(=O)(=O)NCC2CCN(Cc3ccccn3)CC2)cc1C. The Bertz CT molecular complexity index is 848. The van der Waals surface area contributed by atoms with Gasteiger partial charge in [0, 0.05) is 19.3 Å². The highest BCUT2D eigenvalue weighted by Gasteiger charge is 2.22. The van der Waals surface area contributed by atoms with E-state index in [0.29, 0.717) is 18.2 Å². The maximum Gasteiger partial charge on any atom is 0.240 e. The minimum absolute atomic E-state index is 0.286. The third-order valence-electron chi connectivity index (χ3n) is 5.06. The summed E-state index contributed by atoms with van der Waals surface area (Å²) in [7, 11) is -1.92. The molecule has 1 aromatic carbocycles. The molecule has 1 fully saturated rings. The molecular weight excluding hydrogens is 362 g/mol. The van der Waals surface area contributed by atoms with E-state index in [2.05, 4.69) is 14.6 Å². The molecule has 1 N–H and O–H groups in total. The summed E-state index contributed by atoms with van der Waals surface area (Å²) in [5.41, 5.74) is 1.88. The first-order valence-corrected chi connectivity index (χ1v) is 10.7. The number of sulfonamides is 1. The van der Waals surface area contributed by atoms with Gasteiger partial charge in [-0.15, -0.1) is 0 Å².